The lowest BCUT2D eigenvalue weighted by atomic mass is 9.87. The Labute approximate surface area is 167 Å². The van der Waals surface area contributed by atoms with E-state index in [0.717, 1.165) is 22.5 Å². The number of benzene rings is 3. The highest BCUT2D eigenvalue weighted by atomic mass is 16.2. The first-order chi connectivity index (χ1) is 13.4. The van der Waals surface area contributed by atoms with E-state index in [1.807, 2.05) is 41.3 Å². The summed E-state index contributed by atoms with van der Waals surface area (Å²) < 4.78 is 0. The number of carbonyl (C=O) groups excluding carboxylic acids is 1. The predicted octanol–water partition coefficient (Wildman–Crippen LogP) is 6.06. The van der Waals surface area contributed by atoms with Gasteiger partial charge in [-0.05, 0) is 53.3 Å². The van der Waals surface area contributed by atoms with Gasteiger partial charge in [0.05, 0.1) is 5.56 Å². The third-order valence-electron chi connectivity index (χ3n) is 5.42. The third-order valence-corrected chi connectivity index (χ3v) is 5.42. The number of nitrogens with zero attached hydrogens (tertiary/aromatic N) is 1. The fraction of sp³-hybridized carbons (Fsp3) is 0.240. The topological polar surface area (TPSA) is 32.3 Å². The lowest BCUT2D eigenvalue weighted by Gasteiger charge is -2.39. The van der Waals surface area contributed by atoms with Gasteiger partial charge in [0.2, 0.25) is 0 Å². The second kappa shape index (κ2) is 6.83. The third kappa shape index (κ3) is 3.18. The molecule has 0 aliphatic carbocycles. The summed E-state index contributed by atoms with van der Waals surface area (Å²) in [7, 11) is 0. The molecule has 3 heteroatoms. The Morgan fingerprint density at radius 3 is 2.18 bits per heavy atom. The van der Waals surface area contributed by atoms with Gasteiger partial charge in [0, 0.05) is 11.4 Å². The fourth-order valence-corrected chi connectivity index (χ4v) is 3.75. The van der Waals surface area contributed by atoms with Crippen molar-refractivity contribution in [3.63, 3.8) is 0 Å². The van der Waals surface area contributed by atoms with Crippen LogP contribution in [0.5, 0.6) is 0 Å². The minimum atomic E-state index is -0.246. The Hall–Kier alpha value is -3.07. The number of hydrogen-bond acceptors (Lipinski definition) is 2. The number of aryl methyl sites for hydroxylation is 1. The van der Waals surface area contributed by atoms with Gasteiger partial charge >= 0.3 is 0 Å². The molecule has 1 aliphatic rings. The van der Waals surface area contributed by atoms with E-state index in [2.05, 4.69) is 69.4 Å². The van der Waals surface area contributed by atoms with Crippen LogP contribution in [0.1, 0.15) is 54.0 Å². The average Bonchev–Trinajstić information content (AvgIpc) is 2.68. The van der Waals surface area contributed by atoms with Crippen molar-refractivity contribution < 1.29 is 4.79 Å². The molecule has 0 fully saturated rings. The SMILES string of the molecule is Cc1ccccc1C1Nc2ccccc2C(=O)N1c1ccc(C(C)(C)C)cc1. The second-order valence-corrected chi connectivity index (χ2v) is 8.42. The Bertz CT molecular complexity index is 1020. The van der Waals surface area contributed by atoms with Crippen molar-refractivity contribution in [3.05, 3.63) is 95.1 Å². The number of anilines is 2. The van der Waals surface area contributed by atoms with Crippen LogP contribution in [-0.4, -0.2) is 5.91 Å². The summed E-state index contributed by atoms with van der Waals surface area (Å²) in [5, 5.41) is 3.58. The molecule has 0 aromatic heterocycles. The lowest BCUT2D eigenvalue weighted by Crippen LogP contribution is -2.43. The quantitative estimate of drug-likeness (QED) is 0.594. The van der Waals surface area contributed by atoms with Crippen LogP contribution in [0, 0.1) is 6.92 Å². The van der Waals surface area contributed by atoms with E-state index in [-0.39, 0.29) is 17.5 Å². The van der Waals surface area contributed by atoms with Gasteiger partial charge in [0.1, 0.15) is 6.17 Å². The van der Waals surface area contributed by atoms with E-state index < -0.39 is 0 Å². The Morgan fingerprint density at radius 1 is 0.857 bits per heavy atom. The molecule has 0 saturated heterocycles. The van der Waals surface area contributed by atoms with Crippen molar-refractivity contribution in [2.24, 2.45) is 0 Å². The van der Waals surface area contributed by atoms with Crippen molar-refractivity contribution >= 4 is 17.3 Å². The first kappa shape index (κ1) is 18.3. The van der Waals surface area contributed by atoms with Crippen LogP contribution in [0.3, 0.4) is 0 Å². The van der Waals surface area contributed by atoms with Gasteiger partial charge in [0.25, 0.3) is 5.91 Å². The van der Waals surface area contributed by atoms with Gasteiger partial charge in [-0.25, -0.2) is 0 Å². The van der Waals surface area contributed by atoms with Crippen LogP contribution in [-0.2, 0) is 5.41 Å². The van der Waals surface area contributed by atoms with Crippen LogP contribution < -0.4 is 10.2 Å². The number of rotatable bonds is 2. The van der Waals surface area contributed by atoms with Gasteiger partial charge in [-0.3, -0.25) is 9.69 Å². The molecule has 0 radical (unpaired) electrons. The van der Waals surface area contributed by atoms with Crippen LogP contribution in [0.25, 0.3) is 0 Å². The van der Waals surface area contributed by atoms with Gasteiger partial charge in [-0.2, -0.15) is 0 Å². The molecule has 3 aromatic carbocycles. The predicted molar refractivity (Wildman–Crippen MR) is 116 cm³/mol. The molecule has 142 valence electrons. The Kier molecular flexibility index (Phi) is 4.46. The zero-order chi connectivity index (χ0) is 19.9. The largest absolute Gasteiger partial charge is 0.360 e. The fourth-order valence-electron chi connectivity index (χ4n) is 3.75. The molecule has 1 atom stereocenters. The molecule has 1 unspecified atom stereocenters. The van der Waals surface area contributed by atoms with Crippen LogP contribution >= 0.6 is 0 Å². The molecule has 0 spiro atoms. The van der Waals surface area contributed by atoms with Crippen molar-refractivity contribution in [1.82, 2.24) is 0 Å². The number of para-hydroxylation sites is 1. The molecule has 3 nitrogen and oxygen atoms in total. The average molecular weight is 370 g/mol. The van der Waals surface area contributed by atoms with Gasteiger partial charge in [-0.15, -0.1) is 0 Å². The summed E-state index contributed by atoms with van der Waals surface area (Å²) in [5.74, 6) is 0.0195. The number of fused-ring (bicyclic) bond motifs is 1. The number of carbonyl (C=O) groups is 1. The maximum atomic E-state index is 13.5. The van der Waals surface area contributed by atoms with Crippen LogP contribution in [0.4, 0.5) is 11.4 Å². The summed E-state index contributed by atoms with van der Waals surface area (Å²) >= 11 is 0. The van der Waals surface area contributed by atoms with Gasteiger partial charge in [0.15, 0.2) is 0 Å². The minimum absolute atomic E-state index is 0.0195. The molecule has 1 aliphatic heterocycles. The first-order valence-corrected chi connectivity index (χ1v) is 9.71. The van der Waals surface area contributed by atoms with Gasteiger partial charge in [-0.1, -0.05) is 69.3 Å². The monoisotopic (exact) mass is 370 g/mol. The molecule has 3 aromatic rings. The summed E-state index contributed by atoms with van der Waals surface area (Å²) in [6.45, 7) is 8.68. The molecule has 4 rings (SSSR count). The van der Waals surface area contributed by atoms with E-state index in [4.69, 9.17) is 0 Å². The summed E-state index contributed by atoms with van der Waals surface area (Å²) in [4.78, 5) is 15.4. The van der Waals surface area contributed by atoms with Crippen molar-refractivity contribution in [1.29, 1.82) is 0 Å². The standard InChI is InChI=1S/C25H26N2O/c1-17-9-5-6-10-20(17)23-26-22-12-8-7-11-21(22)24(28)27(23)19-15-13-18(14-16-19)25(2,3)4/h5-16,23,26H,1-4H3. The number of nitrogens with one attached hydrogen (secondary N) is 1. The normalized spacial score (nSPS) is 16.5. The summed E-state index contributed by atoms with van der Waals surface area (Å²) in [6, 6.07) is 24.3. The first-order valence-electron chi connectivity index (χ1n) is 9.71. The van der Waals surface area contributed by atoms with E-state index in [1.165, 1.54) is 5.56 Å². The maximum absolute atomic E-state index is 13.5. The van der Waals surface area contributed by atoms with Crippen LogP contribution in [0.2, 0.25) is 0 Å². The van der Waals surface area contributed by atoms with E-state index >= 15 is 0 Å². The molecule has 1 amide bonds. The molecular weight excluding hydrogens is 344 g/mol. The lowest BCUT2D eigenvalue weighted by molar-refractivity contribution is 0.0975. The van der Waals surface area contributed by atoms with Gasteiger partial charge < -0.3 is 5.32 Å². The summed E-state index contributed by atoms with van der Waals surface area (Å²) in [6.07, 6.45) is -0.246. The molecule has 0 saturated carbocycles. The zero-order valence-corrected chi connectivity index (χ0v) is 16.9. The molecular formula is C25H26N2O. The molecule has 1 heterocycles. The van der Waals surface area contributed by atoms with E-state index in [9.17, 15) is 4.79 Å². The molecule has 0 bridgehead atoms. The molecule has 28 heavy (non-hydrogen) atoms. The highest BCUT2D eigenvalue weighted by Gasteiger charge is 2.34. The summed E-state index contributed by atoms with van der Waals surface area (Å²) in [5.41, 5.74) is 6.06. The van der Waals surface area contributed by atoms with Crippen molar-refractivity contribution in [2.45, 2.75) is 39.3 Å². The number of amides is 1. The molecule has 1 N–H and O–H groups in total. The Morgan fingerprint density at radius 2 is 1.50 bits per heavy atom. The van der Waals surface area contributed by atoms with E-state index in [1.54, 1.807) is 0 Å². The Balaban J connectivity index is 1.84. The highest BCUT2D eigenvalue weighted by molar-refractivity contribution is 6.12. The van der Waals surface area contributed by atoms with E-state index in [0.29, 0.717) is 5.56 Å². The van der Waals surface area contributed by atoms with Crippen molar-refractivity contribution in [3.8, 4) is 0 Å². The zero-order valence-electron chi connectivity index (χ0n) is 16.9. The second-order valence-electron chi connectivity index (χ2n) is 8.42. The smallest absolute Gasteiger partial charge is 0.262 e. The number of hydrogen-bond donors (Lipinski definition) is 1. The highest BCUT2D eigenvalue weighted by Crippen LogP contribution is 2.38. The minimum Gasteiger partial charge on any atom is -0.360 e. The van der Waals surface area contributed by atoms with Crippen molar-refractivity contribution in [2.75, 3.05) is 10.2 Å². The maximum Gasteiger partial charge on any atom is 0.262 e. The van der Waals surface area contributed by atoms with Crippen LogP contribution in [0.15, 0.2) is 72.8 Å².